The first-order valence-electron chi connectivity index (χ1n) is 10.3. The number of benzene rings is 1. The smallest absolute Gasteiger partial charge is 0.246 e. The number of rotatable bonds is 7. The summed E-state index contributed by atoms with van der Waals surface area (Å²) in [5.74, 6) is 0.567. The summed E-state index contributed by atoms with van der Waals surface area (Å²) in [5.41, 5.74) is 1.02. The summed E-state index contributed by atoms with van der Waals surface area (Å²) >= 11 is 0. The van der Waals surface area contributed by atoms with Gasteiger partial charge in [-0.15, -0.1) is 6.58 Å². The molecule has 2 aliphatic rings. The van der Waals surface area contributed by atoms with E-state index in [9.17, 15) is 9.59 Å². The molecule has 0 radical (unpaired) electrons. The number of hydrogen-bond acceptors (Lipinski definition) is 3. The van der Waals surface area contributed by atoms with Crippen molar-refractivity contribution in [1.82, 2.24) is 15.1 Å². The van der Waals surface area contributed by atoms with Gasteiger partial charge in [0.05, 0.1) is 6.04 Å². The van der Waals surface area contributed by atoms with Crippen molar-refractivity contribution >= 4 is 17.9 Å². The van der Waals surface area contributed by atoms with Gasteiger partial charge >= 0.3 is 0 Å². The minimum absolute atomic E-state index is 0.0389. The van der Waals surface area contributed by atoms with Crippen LogP contribution in [0.25, 0.3) is 6.08 Å². The molecule has 3 rings (SSSR count). The molecule has 1 aromatic carbocycles. The second-order valence-corrected chi connectivity index (χ2v) is 7.63. The molecule has 5 nitrogen and oxygen atoms in total. The van der Waals surface area contributed by atoms with E-state index in [1.54, 1.807) is 12.2 Å². The molecule has 28 heavy (non-hydrogen) atoms. The van der Waals surface area contributed by atoms with Crippen LogP contribution in [0, 0.1) is 5.92 Å². The van der Waals surface area contributed by atoms with E-state index in [0.29, 0.717) is 25.6 Å². The van der Waals surface area contributed by atoms with Crippen molar-refractivity contribution < 1.29 is 9.59 Å². The minimum atomic E-state index is -0.0837. The fourth-order valence-corrected chi connectivity index (χ4v) is 4.29. The van der Waals surface area contributed by atoms with Gasteiger partial charge in [-0.25, -0.2) is 0 Å². The lowest BCUT2D eigenvalue weighted by Gasteiger charge is -2.40. The van der Waals surface area contributed by atoms with Gasteiger partial charge in [-0.1, -0.05) is 49.2 Å². The molecule has 5 heteroatoms. The number of piperazine rings is 1. The molecule has 0 spiro atoms. The lowest BCUT2D eigenvalue weighted by Crippen LogP contribution is -2.57. The molecule has 1 atom stereocenters. The van der Waals surface area contributed by atoms with E-state index in [1.807, 2.05) is 41.3 Å². The second kappa shape index (κ2) is 10.2. The number of nitrogens with zero attached hydrogens (tertiary/aromatic N) is 2. The Morgan fingerprint density at radius 1 is 1.11 bits per heavy atom. The van der Waals surface area contributed by atoms with Crippen LogP contribution in [-0.2, 0) is 9.59 Å². The maximum atomic E-state index is 12.8. The van der Waals surface area contributed by atoms with Crippen LogP contribution in [0.2, 0.25) is 0 Å². The van der Waals surface area contributed by atoms with E-state index in [4.69, 9.17) is 0 Å². The van der Waals surface area contributed by atoms with Gasteiger partial charge in [-0.2, -0.15) is 0 Å². The highest BCUT2D eigenvalue weighted by molar-refractivity contribution is 5.91. The zero-order valence-electron chi connectivity index (χ0n) is 16.6. The zero-order valence-corrected chi connectivity index (χ0v) is 16.6. The Morgan fingerprint density at radius 2 is 1.79 bits per heavy atom. The molecular formula is C23H31N3O2. The van der Waals surface area contributed by atoms with Crippen LogP contribution in [0.4, 0.5) is 0 Å². The van der Waals surface area contributed by atoms with Crippen molar-refractivity contribution in [3.05, 3.63) is 54.6 Å². The first-order valence-corrected chi connectivity index (χ1v) is 10.3. The van der Waals surface area contributed by atoms with Crippen LogP contribution < -0.4 is 5.32 Å². The number of hydrogen-bond donors (Lipinski definition) is 1. The van der Waals surface area contributed by atoms with Gasteiger partial charge in [0.25, 0.3) is 0 Å². The Labute approximate surface area is 168 Å². The highest BCUT2D eigenvalue weighted by Gasteiger charge is 2.36. The SMILES string of the molecule is C=CCNC(=O)[C@H](C1CCCC1)N1CCN(C(=O)/C=C/c2ccccc2)CC1. The van der Waals surface area contributed by atoms with Crippen LogP contribution in [0.3, 0.4) is 0 Å². The fourth-order valence-electron chi connectivity index (χ4n) is 4.29. The average molecular weight is 382 g/mol. The number of amides is 2. The van der Waals surface area contributed by atoms with Crippen molar-refractivity contribution in [2.24, 2.45) is 5.92 Å². The molecule has 1 heterocycles. The van der Waals surface area contributed by atoms with Crippen LogP contribution in [-0.4, -0.2) is 60.4 Å². The van der Waals surface area contributed by atoms with Gasteiger partial charge in [-0.3, -0.25) is 14.5 Å². The minimum Gasteiger partial charge on any atom is -0.351 e. The predicted molar refractivity (Wildman–Crippen MR) is 113 cm³/mol. The molecule has 2 amide bonds. The van der Waals surface area contributed by atoms with E-state index in [0.717, 1.165) is 31.5 Å². The van der Waals surface area contributed by atoms with Gasteiger partial charge in [-0.05, 0) is 30.4 Å². The Balaban J connectivity index is 1.57. The largest absolute Gasteiger partial charge is 0.351 e. The maximum absolute atomic E-state index is 12.8. The van der Waals surface area contributed by atoms with Gasteiger partial charge in [0.1, 0.15) is 0 Å². The normalized spacial score (nSPS) is 19.6. The summed E-state index contributed by atoms with van der Waals surface area (Å²) in [6.45, 7) is 7.01. The Kier molecular flexibility index (Phi) is 7.43. The molecule has 0 unspecified atom stereocenters. The summed E-state index contributed by atoms with van der Waals surface area (Å²) in [6.07, 6.45) is 9.88. The van der Waals surface area contributed by atoms with E-state index in [2.05, 4.69) is 16.8 Å². The third kappa shape index (κ3) is 5.32. The van der Waals surface area contributed by atoms with E-state index < -0.39 is 0 Å². The summed E-state index contributed by atoms with van der Waals surface area (Å²) < 4.78 is 0. The summed E-state index contributed by atoms with van der Waals surface area (Å²) in [5, 5.41) is 2.99. The molecule has 1 saturated carbocycles. The Bertz CT molecular complexity index is 687. The fraction of sp³-hybridized carbons (Fsp3) is 0.478. The molecule has 0 aromatic heterocycles. The first-order chi connectivity index (χ1) is 13.7. The lowest BCUT2D eigenvalue weighted by molar-refractivity contribution is -0.132. The van der Waals surface area contributed by atoms with Crippen LogP contribution >= 0.6 is 0 Å². The van der Waals surface area contributed by atoms with Crippen molar-refractivity contribution in [3.63, 3.8) is 0 Å². The van der Waals surface area contributed by atoms with Crippen molar-refractivity contribution in [2.75, 3.05) is 32.7 Å². The maximum Gasteiger partial charge on any atom is 0.246 e. The molecule has 1 aliphatic heterocycles. The topological polar surface area (TPSA) is 52.7 Å². The first kappa shape index (κ1) is 20.3. The van der Waals surface area contributed by atoms with Crippen LogP contribution in [0.5, 0.6) is 0 Å². The number of carbonyl (C=O) groups is 2. The second-order valence-electron chi connectivity index (χ2n) is 7.63. The molecule has 1 aliphatic carbocycles. The average Bonchev–Trinajstić information content (AvgIpc) is 3.26. The molecule has 150 valence electrons. The summed E-state index contributed by atoms with van der Waals surface area (Å²) in [7, 11) is 0. The molecule has 2 fully saturated rings. The molecule has 0 bridgehead atoms. The third-order valence-electron chi connectivity index (χ3n) is 5.77. The quantitative estimate of drug-likeness (QED) is 0.584. The van der Waals surface area contributed by atoms with Crippen molar-refractivity contribution in [3.8, 4) is 0 Å². The third-order valence-corrected chi connectivity index (χ3v) is 5.77. The van der Waals surface area contributed by atoms with Gasteiger partial charge < -0.3 is 10.2 Å². The Morgan fingerprint density at radius 3 is 2.43 bits per heavy atom. The van der Waals surface area contributed by atoms with Gasteiger partial charge in [0.2, 0.25) is 11.8 Å². The molecule has 1 saturated heterocycles. The molecule has 1 aromatic rings. The van der Waals surface area contributed by atoms with Crippen molar-refractivity contribution in [1.29, 1.82) is 0 Å². The highest BCUT2D eigenvalue weighted by Crippen LogP contribution is 2.31. The van der Waals surface area contributed by atoms with Crippen LogP contribution in [0.1, 0.15) is 31.2 Å². The van der Waals surface area contributed by atoms with Gasteiger partial charge in [0.15, 0.2) is 0 Å². The number of nitrogens with one attached hydrogen (secondary N) is 1. The van der Waals surface area contributed by atoms with E-state index >= 15 is 0 Å². The highest BCUT2D eigenvalue weighted by atomic mass is 16.2. The predicted octanol–water partition coefficient (Wildman–Crippen LogP) is 2.71. The Hall–Kier alpha value is -2.40. The lowest BCUT2D eigenvalue weighted by atomic mass is 9.95. The summed E-state index contributed by atoms with van der Waals surface area (Å²) in [4.78, 5) is 29.4. The van der Waals surface area contributed by atoms with Crippen LogP contribution in [0.15, 0.2) is 49.1 Å². The zero-order chi connectivity index (χ0) is 19.8. The summed E-state index contributed by atoms with van der Waals surface area (Å²) in [6, 6.07) is 9.77. The molecular weight excluding hydrogens is 350 g/mol. The molecule has 1 N–H and O–H groups in total. The standard InChI is InChI=1S/C23H31N3O2/c1-2-14-24-23(28)22(20-10-6-7-11-20)26-17-15-25(16-18-26)21(27)13-12-19-8-4-3-5-9-19/h2-5,8-9,12-13,20,22H,1,6-7,10-11,14-18H2,(H,24,28)/b13-12+/t22-/m0/s1. The monoisotopic (exact) mass is 381 g/mol. The van der Waals surface area contributed by atoms with Crippen molar-refractivity contribution in [2.45, 2.75) is 31.7 Å². The van der Waals surface area contributed by atoms with E-state index in [-0.39, 0.29) is 17.9 Å². The number of carbonyl (C=O) groups excluding carboxylic acids is 2. The van der Waals surface area contributed by atoms with Gasteiger partial charge in [0, 0.05) is 38.8 Å². The van der Waals surface area contributed by atoms with E-state index in [1.165, 1.54) is 12.8 Å².